The molecule has 198 valence electrons. The number of nitrogens with one attached hydrogen (secondary N) is 2. The standard InChI is InChI=1S/C27H26ClN3O6S/c28-21-9-7-19(8-10-21)12-15-37-27(34)31-14-11-24-20(18-31)17-23(26(33)30-24)25(32)29-13-4-16-38(35,36)22-5-2-1-3-6-22/h1-10,16-17H,11-15,18H2,(H,29,32)(H,30,33)/b16-4+. The Bertz CT molecular complexity index is 1500. The summed E-state index contributed by atoms with van der Waals surface area (Å²) in [5.74, 6) is -0.654. The zero-order valence-electron chi connectivity index (χ0n) is 20.4. The molecular formula is C27H26ClN3O6S. The maximum atomic E-state index is 12.6. The molecule has 1 aliphatic rings. The minimum absolute atomic E-state index is 0.0898. The zero-order valence-corrected chi connectivity index (χ0v) is 21.9. The van der Waals surface area contributed by atoms with Gasteiger partial charge in [0.2, 0.25) is 0 Å². The molecule has 0 atom stereocenters. The molecule has 11 heteroatoms. The number of aromatic nitrogens is 1. The van der Waals surface area contributed by atoms with Gasteiger partial charge in [0.25, 0.3) is 11.5 Å². The van der Waals surface area contributed by atoms with Crippen molar-refractivity contribution in [2.75, 3.05) is 19.7 Å². The highest BCUT2D eigenvalue weighted by molar-refractivity contribution is 7.94. The number of H-pyrrole nitrogens is 1. The van der Waals surface area contributed by atoms with Gasteiger partial charge in [-0.2, -0.15) is 0 Å². The molecule has 38 heavy (non-hydrogen) atoms. The third-order valence-corrected chi connectivity index (χ3v) is 7.70. The molecule has 1 aromatic heterocycles. The number of halogens is 1. The Balaban J connectivity index is 1.33. The summed E-state index contributed by atoms with van der Waals surface area (Å²) in [4.78, 5) is 42.1. The second-order valence-corrected chi connectivity index (χ2v) is 10.9. The number of ether oxygens (including phenoxy) is 1. The van der Waals surface area contributed by atoms with E-state index in [0.29, 0.717) is 35.7 Å². The Hall–Kier alpha value is -3.89. The first-order valence-corrected chi connectivity index (χ1v) is 13.8. The first kappa shape index (κ1) is 27.2. The third-order valence-electron chi connectivity index (χ3n) is 5.97. The number of nitrogens with zero attached hydrogens (tertiary/aromatic N) is 1. The van der Waals surface area contributed by atoms with Gasteiger partial charge in [-0.25, -0.2) is 13.2 Å². The molecule has 1 aliphatic heterocycles. The van der Waals surface area contributed by atoms with E-state index in [1.165, 1.54) is 29.2 Å². The predicted octanol–water partition coefficient (Wildman–Crippen LogP) is 3.48. The van der Waals surface area contributed by atoms with Crippen molar-refractivity contribution in [3.63, 3.8) is 0 Å². The van der Waals surface area contributed by atoms with Crippen molar-refractivity contribution in [1.29, 1.82) is 0 Å². The summed E-state index contributed by atoms with van der Waals surface area (Å²) in [7, 11) is -3.64. The predicted molar refractivity (Wildman–Crippen MR) is 143 cm³/mol. The summed E-state index contributed by atoms with van der Waals surface area (Å²) in [6.07, 6.45) is 1.78. The average molecular weight is 556 g/mol. The van der Waals surface area contributed by atoms with E-state index in [0.717, 1.165) is 11.0 Å². The SMILES string of the molecule is O=C(NC/C=C/S(=O)(=O)c1ccccc1)c1cc2c([nH]c1=O)CCN(C(=O)OCCc1ccc(Cl)cc1)C2. The molecule has 2 N–H and O–H groups in total. The fourth-order valence-corrected chi connectivity index (χ4v) is 5.11. The van der Waals surface area contributed by atoms with Gasteiger partial charge >= 0.3 is 6.09 Å². The number of carbonyl (C=O) groups is 2. The third kappa shape index (κ3) is 6.90. The summed E-state index contributed by atoms with van der Waals surface area (Å²) < 4.78 is 30.0. The highest BCUT2D eigenvalue weighted by Crippen LogP contribution is 2.18. The second-order valence-electron chi connectivity index (χ2n) is 8.62. The van der Waals surface area contributed by atoms with Crippen molar-refractivity contribution in [1.82, 2.24) is 15.2 Å². The monoisotopic (exact) mass is 555 g/mol. The number of sulfone groups is 1. The van der Waals surface area contributed by atoms with Crippen LogP contribution in [-0.2, 0) is 34.0 Å². The van der Waals surface area contributed by atoms with E-state index in [9.17, 15) is 22.8 Å². The highest BCUT2D eigenvalue weighted by Gasteiger charge is 2.24. The first-order valence-electron chi connectivity index (χ1n) is 11.9. The number of amides is 2. The van der Waals surface area contributed by atoms with Crippen molar-refractivity contribution in [2.45, 2.75) is 24.3 Å². The van der Waals surface area contributed by atoms with Gasteiger partial charge in [0.1, 0.15) is 5.56 Å². The fourth-order valence-electron chi connectivity index (χ4n) is 3.94. The molecule has 0 saturated heterocycles. The van der Waals surface area contributed by atoms with Crippen LogP contribution in [0.5, 0.6) is 0 Å². The maximum absolute atomic E-state index is 12.6. The molecule has 9 nitrogen and oxygen atoms in total. The smallest absolute Gasteiger partial charge is 0.410 e. The number of hydrogen-bond donors (Lipinski definition) is 2. The number of aromatic amines is 1. The topological polar surface area (TPSA) is 126 Å². The van der Waals surface area contributed by atoms with Crippen molar-refractivity contribution in [2.24, 2.45) is 0 Å². The fraction of sp³-hybridized carbons (Fsp3) is 0.222. The Morgan fingerprint density at radius 2 is 1.84 bits per heavy atom. The van der Waals surface area contributed by atoms with Crippen LogP contribution in [0.2, 0.25) is 5.02 Å². The van der Waals surface area contributed by atoms with Gasteiger partial charge in [0.15, 0.2) is 9.84 Å². The van der Waals surface area contributed by atoms with Gasteiger partial charge in [-0.05, 0) is 41.5 Å². The van der Waals surface area contributed by atoms with Crippen LogP contribution in [0, 0.1) is 0 Å². The minimum atomic E-state index is -3.64. The lowest BCUT2D eigenvalue weighted by atomic mass is 10.0. The van der Waals surface area contributed by atoms with E-state index in [1.54, 1.807) is 30.3 Å². The van der Waals surface area contributed by atoms with E-state index in [1.807, 2.05) is 12.1 Å². The Morgan fingerprint density at radius 3 is 2.58 bits per heavy atom. The molecule has 0 saturated carbocycles. The number of fused-ring (bicyclic) bond motifs is 1. The molecule has 4 rings (SSSR count). The normalized spacial score (nSPS) is 13.2. The average Bonchev–Trinajstić information content (AvgIpc) is 2.92. The largest absolute Gasteiger partial charge is 0.449 e. The van der Waals surface area contributed by atoms with Crippen LogP contribution in [0.1, 0.15) is 27.2 Å². The summed E-state index contributed by atoms with van der Waals surface area (Å²) in [6, 6.07) is 16.6. The summed E-state index contributed by atoms with van der Waals surface area (Å²) in [5.41, 5.74) is 1.61. The lowest BCUT2D eigenvalue weighted by molar-refractivity contribution is 0.0956. The summed E-state index contributed by atoms with van der Waals surface area (Å²) in [6.45, 7) is 0.667. The van der Waals surface area contributed by atoms with Crippen LogP contribution in [0.15, 0.2) is 81.8 Å². The van der Waals surface area contributed by atoms with E-state index in [4.69, 9.17) is 16.3 Å². The van der Waals surface area contributed by atoms with Crippen LogP contribution >= 0.6 is 11.6 Å². The van der Waals surface area contributed by atoms with Crippen LogP contribution in [0.3, 0.4) is 0 Å². The molecule has 0 aliphatic carbocycles. The number of hydrogen-bond acceptors (Lipinski definition) is 6. The number of benzene rings is 2. The Morgan fingerprint density at radius 1 is 1.11 bits per heavy atom. The molecule has 0 spiro atoms. The highest BCUT2D eigenvalue weighted by atomic mass is 35.5. The van der Waals surface area contributed by atoms with Crippen molar-refractivity contribution >= 4 is 33.4 Å². The van der Waals surface area contributed by atoms with Crippen molar-refractivity contribution < 1.29 is 22.7 Å². The quantitative estimate of drug-likeness (QED) is 0.438. The molecule has 0 unspecified atom stereocenters. The molecule has 2 aromatic carbocycles. The van der Waals surface area contributed by atoms with Gasteiger partial charge in [0.05, 0.1) is 18.0 Å². The van der Waals surface area contributed by atoms with Gasteiger partial charge in [0, 0.05) is 42.1 Å². The van der Waals surface area contributed by atoms with Crippen LogP contribution in [-0.4, -0.2) is 50.0 Å². The molecule has 0 bridgehead atoms. The van der Waals surface area contributed by atoms with Gasteiger partial charge < -0.3 is 19.9 Å². The molecular weight excluding hydrogens is 530 g/mol. The lowest BCUT2D eigenvalue weighted by Gasteiger charge is -2.28. The second kappa shape index (κ2) is 12.1. The summed E-state index contributed by atoms with van der Waals surface area (Å²) >= 11 is 5.88. The summed E-state index contributed by atoms with van der Waals surface area (Å²) in [5, 5.41) is 4.17. The van der Waals surface area contributed by atoms with Gasteiger partial charge in [-0.1, -0.05) is 48.0 Å². The van der Waals surface area contributed by atoms with Crippen LogP contribution in [0.25, 0.3) is 0 Å². The van der Waals surface area contributed by atoms with E-state index >= 15 is 0 Å². The van der Waals surface area contributed by atoms with E-state index < -0.39 is 27.4 Å². The molecule has 3 aromatic rings. The number of rotatable bonds is 8. The first-order chi connectivity index (χ1) is 18.2. The molecule has 0 radical (unpaired) electrons. The maximum Gasteiger partial charge on any atom is 0.410 e. The van der Waals surface area contributed by atoms with E-state index in [-0.39, 0.29) is 30.2 Å². The number of carbonyl (C=O) groups excluding carboxylic acids is 2. The van der Waals surface area contributed by atoms with Gasteiger partial charge in [-0.15, -0.1) is 0 Å². The minimum Gasteiger partial charge on any atom is -0.449 e. The molecule has 2 heterocycles. The van der Waals surface area contributed by atoms with Gasteiger partial charge in [-0.3, -0.25) is 9.59 Å². The van der Waals surface area contributed by atoms with Crippen LogP contribution in [0.4, 0.5) is 4.79 Å². The van der Waals surface area contributed by atoms with Crippen LogP contribution < -0.4 is 10.9 Å². The molecule has 2 amide bonds. The van der Waals surface area contributed by atoms with E-state index in [2.05, 4.69) is 10.3 Å². The number of pyridine rings is 1. The molecule has 0 fully saturated rings. The zero-order chi connectivity index (χ0) is 27.1. The lowest BCUT2D eigenvalue weighted by Crippen LogP contribution is -2.39. The van der Waals surface area contributed by atoms with Crippen molar-refractivity contribution in [3.8, 4) is 0 Å². The Kier molecular flexibility index (Phi) is 8.65. The Labute approximate surface area is 225 Å². The van der Waals surface area contributed by atoms with Crippen molar-refractivity contribution in [3.05, 3.63) is 110 Å².